The quantitative estimate of drug-likeness (QED) is 0.664. The standard InChI is InChI=1S/C13H13N3O3/c14-7-8-5-9(16(17)18)1-3-11(8)15-12-6-10-2-4-13(12)19-10/h1,3,5,10,12-13,15H,2,4,6H2. The van der Waals surface area contributed by atoms with E-state index in [-0.39, 0.29) is 17.8 Å². The maximum absolute atomic E-state index is 10.7. The van der Waals surface area contributed by atoms with Crippen LogP contribution < -0.4 is 5.32 Å². The summed E-state index contributed by atoms with van der Waals surface area (Å²) in [6.07, 6.45) is 3.61. The molecule has 0 amide bonds. The number of hydrogen-bond acceptors (Lipinski definition) is 5. The molecule has 6 nitrogen and oxygen atoms in total. The first-order valence-corrected chi connectivity index (χ1v) is 6.28. The summed E-state index contributed by atoms with van der Waals surface area (Å²) in [6, 6.07) is 6.52. The lowest BCUT2D eigenvalue weighted by molar-refractivity contribution is -0.384. The molecule has 2 fully saturated rings. The van der Waals surface area contributed by atoms with Crippen molar-refractivity contribution in [1.29, 1.82) is 5.26 Å². The molecule has 0 saturated carbocycles. The van der Waals surface area contributed by atoms with Crippen molar-refractivity contribution in [3.63, 3.8) is 0 Å². The second-order valence-corrected chi connectivity index (χ2v) is 4.96. The molecule has 3 rings (SSSR count). The lowest BCUT2D eigenvalue weighted by atomic mass is 9.95. The molecule has 2 heterocycles. The first-order chi connectivity index (χ1) is 9.17. The Bertz CT molecular complexity index is 567. The van der Waals surface area contributed by atoms with E-state index in [1.165, 1.54) is 12.1 Å². The van der Waals surface area contributed by atoms with Gasteiger partial charge in [-0.1, -0.05) is 0 Å². The van der Waals surface area contributed by atoms with Gasteiger partial charge in [0, 0.05) is 12.1 Å². The number of nitrogens with one attached hydrogen (secondary N) is 1. The van der Waals surface area contributed by atoms with E-state index < -0.39 is 4.92 Å². The monoisotopic (exact) mass is 259 g/mol. The first kappa shape index (κ1) is 11.9. The van der Waals surface area contributed by atoms with E-state index in [1.54, 1.807) is 6.07 Å². The fraction of sp³-hybridized carbons (Fsp3) is 0.462. The molecule has 2 aliphatic heterocycles. The van der Waals surface area contributed by atoms with Crippen LogP contribution in [0.2, 0.25) is 0 Å². The van der Waals surface area contributed by atoms with Crippen LogP contribution in [0.1, 0.15) is 24.8 Å². The molecule has 6 heteroatoms. The number of fused-ring (bicyclic) bond motifs is 2. The van der Waals surface area contributed by atoms with E-state index in [4.69, 9.17) is 10.00 Å². The molecule has 2 bridgehead atoms. The number of anilines is 1. The summed E-state index contributed by atoms with van der Waals surface area (Å²) in [5, 5.41) is 23.1. The maximum atomic E-state index is 10.7. The Morgan fingerprint density at radius 3 is 2.89 bits per heavy atom. The lowest BCUT2D eigenvalue weighted by Crippen LogP contribution is -2.30. The molecule has 3 atom stereocenters. The summed E-state index contributed by atoms with van der Waals surface area (Å²) in [7, 11) is 0. The van der Waals surface area contributed by atoms with Gasteiger partial charge in [-0.3, -0.25) is 10.1 Å². The number of nitro groups is 1. The van der Waals surface area contributed by atoms with Crippen LogP contribution in [0.3, 0.4) is 0 Å². The number of non-ortho nitro benzene ring substituents is 1. The minimum atomic E-state index is -0.495. The van der Waals surface area contributed by atoms with Gasteiger partial charge in [-0.25, -0.2) is 0 Å². The van der Waals surface area contributed by atoms with Crippen molar-refractivity contribution in [2.75, 3.05) is 5.32 Å². The molecular formula is C13H13N3O3. The maximum Gasteiger partial charge on any atom is 0.270 e. The third kappa shape index (κ3) is 2.13. The molecular weight excluding hydrogens is 246 g/mol. The summed E-state index contributed by atoms with van der Waals surface area (Å²) in [6.45, 7) is 0. The van der Waals surface area contributed by atoms with Crippen molar-refractivity contribution in [2.24, 2.45) is 0 Å². The largest absolute Gasteiger partial charge is 0.379 e. The summed E-state index contributed by atoms with van der Waals surface area (Å²) in [5.41, 5.74) is 0.887. The van der Waals surface area contributed by atoms with Crippen molar-refractivity contribution >= 4 is 11.4 Å². The number of ether oxygens (including phenoxy) is 1. The highest BCUT2D eigenvalue weighted by molar-refractivity contribution is 5.62. The van der Waals surface area contributed by atoms with Crippen molar-refractivity contribution < 1.29 is 9.66 Å². The highest BCUT2D eigenvalue weighted by Gasteiger charge is 2.40. The Hall–Kier alpha value is -2.13. The van der Waals surface area contributed by atoms with Gasteiger partial charge in [0.15, 0.2) is 0 Å². The molecule has 0 aromatic heterocycles. The van der Waals surface area contributed by atoms with Gasteiger partial charge in [0.25, 0.3) is 5.69 Å². The van der Waals surface area contributed by atoms with Gasteiger partial charge in [0.2, 0.25) is 0 Å². The lowest BCUT2D eigenvalue weighted by Gasteiger charge is -2.21. The van der Waals surface area contributed by atoms with Gasteiger partial charge in [0.05, 0.1) is 34.4 Å². The van der Waals surface area contributed by atoms with E-state index in [2.05, 4.69) is 5.32 Å². The molecule has 3 unspecified atom stereocenters. The smallest absolute Gasteiger partial charge is 0.270 e. The minimum Gasteiger partial charge on any atom is -0.379 e. The van der Waals surface area contributed by atoms with Crippen LogP contribution in [-0.4, -0.2) is 23.2 Å². The molecule has 1 aromatic rings. The Labute approximate surface area is 110 Å². The highest BCUT2D eigenvalue weighted by Crippen LogP contribution is 2.36. The summed E-state index contributed by atoms with van der Waals surface area (Å²) < 4.78 is 5.74. The van der Waals surface area contributed by atoms with E-state index in [9.17, 15) is 10.1 Å². The van der Waals surface area contributed by atoms with Gasteiger partial charge in [-0.2, -0.15) is 5.26 Å². The predicted octanol–water partition coefficient (Wildman–Crippen LogP) is 2.20. The second-order valence-electron chi connectivity index (χ2n) is 4.96. The van der Waals surface area contributed by atoms with E-state index >= 15 is 0 Å². The summed E-state index contributed by atoms with van der Waals surface area (Å²) >= 11 is 0. The SMILES string of the molecule is N#Cc1cc([N+](=O)[O-])ccc1NC1CC2CCC1O2. The highest BCUT2D eigenvalue weighted by atomic mass is 16.6. The average molecular weight is 259 g/mol. The van der Waals surface area contributed by atoms with Crippen LogP contribution >= 0.6 is 0 Å². The van der Waals surface area contributed by atoms with Gasteiger partial charge >= 0.3 is 0 Å². The van der Waals surface area contributed by atoms with Gasteiger partial charge in [-0.15, -0.1) is 0 Å². The molecule has 1 N–H and O–H groups in total. The van der Waals surface area contributed by atoms with Crippen LogP contribution in [0, 0.1) is 21.4 Å². The Balaban J connectivity index is 1.81. The number of nitro benzene ring substituents is 1. The summed E-state index contributed by atoms with van der Waals surface area (Å²) in [5.74, 6) is 0. The molecule has 2 aliphatic rings. The molecule has 0 radical (unpaired) electrons. The van der Waals surface area contributed by atoms with Crippen molar-refractivity contribution in [1.82, 2.24) is 0 Å². The van der Waals surface area contributed by atoms with Crippen molar-refractivity contribution in [2.45, 2.75) is 37.5 Å². The van der Waals surface area contributed by atoms with Gasteiger partial charge in [-0.05, 0) is 25.3 Å². The topological polar surface area (TPSA) is 88.2 Å². The second kappa shape index (κ2) is 4.52. The fourth-order valence-corrected chi connectivity index (χ4v) is 2.85. The van der Waals surface area contributed by atoms with Gasteiger partial charge in [0.1, 0.15) is 6.07 Å². The third-order valence-electron chi connectivity index (χ3n) is 3.78. The number of benzene rings is 1. The Kier molecular flexibility index (Phi) is 2.84. The van der Waals surface area contributed by atoms with Crippen LogP contribution in [0.15, 0.2) is 18.2 Å². The molecule has 98 valence electrons. The van der Waals surface area contributed by atoms with Crippen LogP contribution in [0.4, 0.5) is 11.4 Å². The first-order valence-electron chi connectivity index (χ1n) is 6.28. The van der Waals surface area contributed by atoms with Crippen molar-refractivity contribution in [3.05, 3.63) is 33.9 Å². The van der Waals surface area contributed by atoms with Crippen molar-refractivity contribution in [3.8, 4) is 6.07 Å². The average Bonchev–Trinajstić information content (AvgIpc) is 3.01. The number of nitriles is 1. The van der Waals surface area contributed by atoms with Crippen LogP contribution in [-0.2, 0) is 4.74 Å². The number of hydrogen-bond donors (Lipinski definition) is 1. The molecule has 2 saturated heterocycles. The van der Waals surface area contributed by atoms with E-state index in [0.29, 0.717) is 17.4 Å². The van der Waals surface area contributed by atoms with E-state index in [0.717, 1.165) is 19.3 Å². The molecule has 1 aromatic carbocycles. The predicted molar refractivity (Wildman–Crippen MR) is 67.7 cm³/mol. The Morgan fingerprint density at radius 2 is 2.32 bits per heavy atom. The number of nitrogens with zero attached hydrogens (tertiary/aromatic N) is 2. The zero-order valence-corrected chi connectivity index (χ0v) is 10.2. The van der Waals surface area contributed by atoms with Crippen LogP contribution in [0.5, 0.6) is 0 Å². The van der Waals surface area contributed by atoms with Crippen LogP contribution in [0.25, 0.3) is 0 Å². The minimum absolute atomic E-state index is 0.0636. The zero-order valence-electron chi connectivity index (χ0n) is 10.2. The molecule has 19 heavy (non-hydrogen) atoms. The Morgan fingerprint density at radius 1 is 1.47 bits per heavy atom. The fourth-order valence-electron chi connectivity index (χ4n) is 2.85. The van der Waals surface area contributed by atoms with Gasteiger partial charge < -0.3 is 10.1 Å². The zero-order chi connectivity index (χ0) is 13.4. The molecule has 0 spiro atoms. The number of rotatable bonds is 3. The third-order valence-corrected chi connectivity index (χ3v) is 3.78. The normalized spacial score (nSPS) is 28.1. The van der Waals surface area contributed by atoms with E-state index in [1.807, 2.05) is 6.07 Å². The molecule has 0 aliphatic carbocycles. The summed E-state index contributed by atoms with van der Waals surface area (Å²) in [4.78, 5) is 10.2.